The summed E-state index contributed by atoms with van der Waals surface area (Å²) in [6.45, 7) is 4.02. The SMILES string of the molecule is CCOc1c(I)cc(/C=N\NC(C)=O)cc1I. The molecule has 0 saturated heterocycles. The van der Waals surface area contributed by atoms with Gasteiger partial charge in [-0.05, 0) is 69.8 Å². The molecular formula is C11H12I2N2O2. The molecule has 0 aliphatic heterocycles. The highest BCUT2D eigenvalue weighted by molar-refractivity contribution is 14.1. The fourth-order valence-corrected chi connectivity index (χ4v) is 3.26. The van der Waals surface area contributed by atoms with Crippen LogP contribution in [0.25, 0.3) is 0 Å². The van der Waals surface area contributed by atoms with Crippen molar-refractivity contribution in [2.45, 2.75) is 13.8 Å². The highest BCUT2D eigenvalue weighted by Gasteiger charge is 2.07. The molecule has 1 rings (SSSR count). The fraction of sp³-hybridized carbons (Fsp3) is 0.273. The minimum absolute atomic E-state index is 0.184. The number of hydrogen-bond acceptors (Lipinski definition) is 3. The standard InChI is InChI=1S/C11H12I2N2O2/c1-3-17-11-9(12)4-8(5-10(11)13)6-14-15-7(2)16/h4-6H,3H2,1-2H3,(H,15,16)/b14-6-. The molecule has 1 aromatic carbocycles. The minimum Gasteiger partial charge on any atom is -0.492 e. The van der Waals surface area contributed by atoms with Crippen LogP contribution >= 0.6 is 45.2 Å². The van der Waals surface area contributed by atoms with Crippen molar-refractivity contribution >= 4 is 57.3 Å². The molecule has 0 fully saturated rings. The summed E-state index contributed by atoms with van der Waals surface area (Å²) >= 11 is 4.44. The summed E-state index contributed by atoms with van der Waals surface area (Å²) < 4.78 is 7.59. The monoisotopic (exact) mass is 458 g/mol. The van der Waals surface area contributed by atoms with Crippen molar-refractivity contribution in [3.63, 3.8) is 0 Å². The normalized spacial score (nSPS) is 10.6. The van der Waals surface area contributed by atoms with E-state index in [9.17, 15) is 4.79 Å². The molecule has 0 aliphatic rings. The number of hydrogen-bond donors (Lipinski definition) is 1. The van der Waals surface area contributed by atoms with Crippen molar-refractivity contribution in [3.8, 4) is 5.75 Å². The fourth-order valence-electron chi connectivity index (χ4n) is 1.13. The van der Waals surface area contributed by atoms with Gasteiger partial charge >= 0.3 is 0 Å². The van der Waals surface area contributed by atoms with Crippen molar-refractivity contribution in [2.24, 2.45) is 5.10 Å². The van der Waals surface area contributed by atoms with Gasteiger partial charge in [-0.15, -0.1) is 0 Å². The largest absolute Gasteiger partial charge is 0.492 e. The van der Waals surface area contributed by atoms with E-state index in [1.54, 1.807) is 6.21 Å². The Bertz CT molecular complexity index is 424. The summed E-state index contributed by atoms with van der Waals surface area (Å²) in [6.07, 6.45) is 1.61. The van der Waals surface area contributed by atoms with E-state index in [0.29, 0.717) is 6.61 Å². The Morgan fingerprint density at radius 3 is 2.53 bits per heavy atom. The number of nitrogens with zero attached hydrogens (tertiary/aromatic N) is 1. The molecule has 0 aromatic heterocycles. The van der Waals surface area contributed by atoms with Gasteiger partial charge in [0.15, 0.2) is 0 Å². The van der Waals surface area contributed by atoms with Crippen molar-refractivity contribution in [3.05, 3.63) is 24.8 Å². The van der Waals surface area contributed by atoms with E-state index in [1.807, 2.05) is 19.1 Å². The summed E-state index contributed by atoms with van der Waals surface area (Å²) in [7, 11) is 0. The molecule has 0 radical (unpaired) electrons. The number of rotatable bonds is 4. The molecule has 0 spiro atoms. The van der Waals surface area contributed by atoms with Crippen LogP contribution in [-0.2, 0) is 4.79 Å². The Kier molecular flexibility index (Phi) is 6.17. The van der Waals surface area contributed by atoms with Crippen molar-refractivity contribution in [1.82, 2.24) is 5.43 Å². The smallest absolute Gasteiger partial charge is 0.236 e. The molecule has 0 heterocycles. The van der Waals surface area contributed by atoms with E-state index in [-0.39, 0.29) is 5.91 Å². The molecule has 0 unspecified atom stereocenters. The van der Waals surface area contributed by atoms with Crippen molar-refractivity contribution in [1.29, 1.82) is 0 Å². The maximum atomic E-state index is 10.7. The van der Waals surface area contributed by atoms with Crippen LogP contribution in [0.4, 0.5) is 0 Å². The summed E-state index contributed by atoms with van der Waals surface area (Å²) in [6, 6.07) is 3.91. The molecule has 92 valence electrons. The van der Waals surface area contributed by atoms with Crippen molar-refractivity contribution < 1.29 is 9.53 Å². The van der Waals surface area contributed by atoms with Gasteiger partial charge in [0, 0.05) is 6.92 Å². The van der Waals surface area contributed by atoms with Gasteiger partial charge < -0.3 is 4.74 Å². The molecule has 1 N–H and O–H groups in total. The molecule has 1 aromatic rings. The molecular weight excluding hydrogens is 446 g/mol. The lowest BCUT2D eigenvalue weighted by Crippen LogP contribution is -2.12. The van der Waals surface area contributed by atoms with Gasteiger partial charge in [-0.2, -0.15) is 5.10 Å². The molecule has 17 heavy (non-hydrogen) atoms. The Morgan fingerprint density at radius 1 is 1.47 bits per heavy atom. The average molecular weight is 458 g/mol. The second-order valence-corrected chi connectivity index (χ2v) is 5.50. The summed E-state index contributed by atoms with van der Waals surface area (Å²) in [5.41, 5.74) is 3.29. The zero-order valence-corrected chi connectivity index (χ0v) is 13.8. The number of carbonyl (C=O) groups is 1. The molecule has 4 nitrogen and oxygen atoms in total. The zero-order chi connectivity index (χ0) is 12.8. The molecule has 0 atom stereocenters. The first kappa shape index (κ1) is 14.7. The van der Waals surface area contributed by atoms with Crippen LogP contribution in [0.15, 0.2) is 17.2 Å². The molecule has 0 aliphatic carbocycles. The van der Waals surface area contributed by atoms with Crippen LogP contribution in [0.2, 0.25) is 0 Å². The highest BCUT2D eigenvalue weighted by atomic mass is 127. The number of hydrazone groups is 1. The third-order valence-electron chi connectivity index (χ3n) is 1.74. The summed E-state index contributed by atoms with van der Waals surface area (Å²) in [5.74, 6) is 0.710. The van der Waals surface area contributed by atoms with E-state index < -0.39 is 0 Å². The lowest BCUT2D eigenvalue weighted by Gasteiger charge is -2.09. The third-order valence-corrected chi connectivity index (χ3v) is 3.35. The predicted octanol–water partition coefficient (Wildman–Crippen LogP) is 2.76. The lowest BCUT2D eigenvalue weighted by atomic mass is 10.2. The first-order chi connectivity index (χ1) is 8.04. The minimum atomic E-state index is -0.184. The number of amides is 1. The van der Waals surface area contributed by atoms with Crippen LogP contribution in [0.1, 0.15) is 19.4 Å². The van der Waals surface area contributed by atoms with Crippen LogP contribution in [0.5, 0.6) is 5.75 Å². The van der Waals surface area contributed by atoms with Crippen LogP contribution < -0.4 is 10.2 Å². The highest BCUT2D eigenvalue weighted by Crippen LogP contribution is 2.28. The molecule has 0 bridgehead atoms. The van der Waals surface area contributed by atoms with Gasteiger partial charge in [0.05, 0.1) is 20.0 Å². The van der Waals surface area contributed by atoms with Gasteiger partial charge in [0.2, 0.25) is 5.91 Å². The third kappa shape index (κ3) is 4.78. The zero-order valence-electron chi connectivity index (χ0n) is 9.46. The van der Waals surface area contributed by atoms with Crippen LogP contribution in [0.3, 0.4) is 0 Å². The van der Waals surface area contributed by atoms with E-state index in [0.717, 1.165) is 18.5 Å². The Balaban J connectivity index is 2.90. The van der Waals surface area contributed by atoms with Gasteiger partial charge in [-0.3, -0.25) is 4.79 Å². The van der Waals surface area contributed by atoms with E-state index in [1.165, 1.54) is 6.92 Å². The first-order valence-corrected chi connectivity index (χ1v) is 7.11. The Hall–Kier alpha value is -0.380. The quantitative estimate of drug-likeness (QED) is 0.429. The second kappa shape index (κ2) is 7.14. The Labute approximate surface area is 127 Å². The lowest BCUT2D eigenvalue weighted by molar-refractivity contribution is -0.118. The molecule has 1 amide bonds. The van der Waals surface area contributed by atoms with Crippen molar-refractivity contribution in [2.75, 3.05) is 6.61 Å². The van der Waals surface area contributed by atoms with Crippen LogP contribution in [0, 0.1) is 7.14 Å². The maximum absolute atomic E-state index is 10.7. The van der Waals surface area contributed by atoms with E-state index >= 15 is 0 Å². The predicted molar refractivity (Wildman–Crippen MR) is 84.5 cm³/mol. The molecule has 0 saturated carbocycles. The number of ether oxygens (including phenoxy) is 1. The number of benzene rings is 1. The summed E-state index contributed by atoms with van der Waals surface area (Å²) in [5, 5.41) is 3.83. The number of nitrogens with one attached hydrogen (secondary N) is 1. The Morgan fingerprint density at radius 2 is 2.06 bits per heavy atom. The first-order valence-electron chi connectivity index (χ1n) is 4.96. The maximum Gasteiger partial charge on any atom is 0.236 e. The average Bonchev–Trinajstić information content (AvgIpc) is 2.23. The summed E-state index contributed by atoms with van der Waals surface area (Å²) in [4.78, 5) is 10.7. The number of halogens is 2. The van der Waals surface area contributed by atoms with Gasteiger partial charge in [-0.25, -0.2) is 5.43 Å². The van der Waals surface area contributed by atoms with Gasteiger partial charge in [-0.1, -0.05) is 0 Å². The number of carbonyl (C=O) groups excluding carboxylic acids is 1. The second-order valence-electron chi connectivity index (χ2n) is 3.17. The van der Waals surface area contributed by atoms with E-state index in [4.69, 9.17) is 4.74 Å². The van der Waals surface area contributed by atoms with Gasteiger partial charge in [0.1, 0.15) is 5.75 Å². The molecule has 6 heteroatoms. The topological polar surface area (TPSA) is 50.7 Å². The van der Waals surface area contributed by atoms with E-state index in [2.05, 4.69) is 55.7 Å². The van der Waals surface area contributed by atoms with Gasteiger partial charge in [0.25, 0.3) is 0 Å². The van der Waals surface area contributed by atoms with Crippen LogP contribution in [-0.4, -0.2) is 18.7 Å².